The number of aromatic nitrogens is 1. The average Bonchev–Trinajstić information content (AvgIpc) is 2.97. The molecule has 6 nitrogen and oxygen atoms in total. The first-order valence-electron chi connectivity index (χ1n) is 8.47. The topological polar surface area (TPSA) is 80.5 Å². The molecule has 0 bridgehead atoms. The summed E-state index contributed by atoms with van der Waals surface area (Å²) in [7, 11) is 4.16. The number of hydrogen-bond acceptors (Lipinski definition) is 5. The zero-order valence-electron chi connectivity index (χ0n) is 14.7. The third-order valence-electron chi connectivity index (χ3n) is 4.39. The molecule has 3 rings (SSSR count). The van der Waals surface area contributed by atoms with Crippen molar-refractivity contribution >= 4 is 5.91 Å². The molecule has 0 aliphatic heterocycles. The van der Waals surface area contributed by atoms with E-state index in [-0.39, 0.29) is 0 Å². The number of aryl methyl sites for hydroxylation is 1. The van der Waals surface area contributed by atoms with Crippen molar-refractivity contribution < 1.29 is 9.53 Å². The largest absolute Gasteiger partial charge is 0.439 e. The van der Waals surface area contributed by atoms with Crippen molar-refractivity contribution in [3.63, 3.8) is 0 Å². The van der Waals surface area contributed by atoms with Gasteiger partial charge in [-0.1, -0.05) is 6.07 Å². The number of benzene rings is 1. The van der Waals surface area contributed by atoms with Gasteiger partial charge >= 0.3 is 0 Å². The second kappa shape index (κ2) is 7.63. The number of amides is 1. The number of nitrogens with two attached hydrogens (primary N) is 1. The molecule has 0 spiro atoms. The van der Waals surface area contributed by atoms with Crippen molar-refractivity contribution in [2.24, 2.45) is 5.73 Å². The van der Waals surface area contributed by atoms with Crippen LogP contribution in [0.25, 0.3) is 0 Å². The Bertz CT molecular complexity index is 744. The van der Waals surface area contributed by atoms with Crippen molar-refractivity contribution in [2.75, 3.05) is 27.2 Å². The van der Waals surface area contributed by atoms with Gasteiger partial charge in [-0.2, -0.15) is 0 Å². The van der Waals surface area contributed by atoms with Gasteiger partial charge in [0.1, 0.15) is 5.75 Å². The molecule has 1 aliphatic rings. The van der Waals surface area contributed by atoms with Crippen LogP contribution in [0.3, 0.4) is 0 Å². The highest BCUT2D eigenvalue weighted by Crippen LogP contribution is 2.34. The fraction of sp³-hybridized carbons (Fsp3) is 0.368. The molecule has 25 heavy (non-hydrogen) atoms. The second-order valence-corrected chi connectivity index (χ2v) is 6.56. The lowest BCUT2D eigenvalue weighted by molar-refractivity contribution is 0.1000. The smallest absolute Gasteiger partial charge is 0.250 e. The summed E-state index contributed by atoms with van der Waals surface area (Å²) in [6, 6.07) is 9.85. The van der Waals surface area contributed by atoms with Gasteiger partial charge in [0.25, 0.3) is 0 Å². The molecule has 0 radical (unpaired) electrons. The van der Waals surface area contributed by atoms with Crippen LogP contribution < -0.4 is 15.8 Å². The van der Waals surface area contributed by atoms with Crippen LogP contribution >= 0.6 is 0 Å². The van der Waals surface area contributed by atoms with E-state index in [0.29, 0.717) is 17.5 Å². The van der Waals surface area contributed by atoms with E-state index in [9.17, 15) is 4.79 Å². The Morgan fingerprint density at radius 3 is 2.88 bits per heavy atom. The number of nitrogens with one attached hydrogen (secondary N) is 1. The minimum absolute atomic E-state index is 0.368. The zero-order valence-corrected chi connectivity index (χ0v) is 14.7. The zero-order chi connectivity index (χ0) is 17.8. The van der Waals surface area contributed by atoms with E-state index in [1.807, 2.05) is 6.07 Å². The van der Waals surface area contributed by atoms with Crippen molar-refractivity contribution in [3.8, 4) is 11.6 Å². The molecule has 6 heteroatoms. The maximum atomic E-state index is 11.1. The number of carbonyl (C=O) groups is 1. The second-order valence-electron chi connectivity index (χ2n) is 6.56. The van der Waals surface area contributed by atoms with Gasteiger partial charge in [0.15, 0.2) is 0 Å². The number of carbonyl (C=O) groups excluding carboxylic acids is 1. The van der Waals surface area contributed by atoms with E-state index < -0.39 is 5.91 Å². The van der Waals surface area contributed by atoms with Crippen LogP contribution in [0.1, 0.15) is 33.9 Å². The van der Waals surface area contributed by atoms with Gasteiger partial charge in [0.05, 0.1) is 5.56 Å². The standard InChI is InChI=1S/C19H24N4O2/c1-23(2)10-9-21-17-7-3-13-11-15(5-6-16(13)17)25-18-8-4-14(12-22-18)19(20)24/h4-6,8,11-12,17,21H,3,7,9-10H2,1-2H3,(H2,20,24). The monoisotopic (exact) mass is 340 g/mol. The summed E-state index contributed by atoms with van der Waals surface area (Å²) in [5.41, 5.74) is 8.25. The van der Waals surface area contributed by atoms with Crippen LogP contribution in [-0.4, -0.2) is 43.0 Å². The van der Waals surface area contributed by atoms with Crippen LogP contribution in [0.5, 0.6) is 11.6 Å². The molecule has 0 saturated heterocycles. The average molecular weight is 340 g/mol. The van der Waals surface area contributed by atoms with Crippen LogP contribution in [0.2, 0.25) is 0 Å². The Morgan fingerprint density at radius 2 is 2.20 bits per heavy atom. The Labute approximate surface area is 148 Å². The molecule has 1 heterocycles. The molecule has 132 valence electrons. The van der Waals surface area contributed by atoms with E-state index in [1.165, 1.54) is 17.3 Å². The Balaban J connectivity index is 1.64. The normalized spacial score (nSPS) is 16.0. The number of hydrogen-bond donors (Lipinski definition) is 2. The lowest BCUT2D eigenvalue weighted by Gasteiger charge is -2.16. The summed E-state index contributed by atoms with van der Waals surface area (Å²) in [5.74, 6) is 0.708. The van der Waals surface area contributed by atoms with Gasteiger partial charge in [-0.3, -0.25) is 4.79 Å². The van der Waals surface area contributed by atoms with Gasteiger partial charge in [-0.15, -0.1) is 0 Å². The summed E-state index contributed by atoms with van der Waals surface area (Å²) in [4.78, 5) is 17.4. The number of pyridine rings is 1. The van der Waals surface area contributed by atoms with E-state index in [1.54, 1.807) is 12.1 Å². The Kier molecular flexibility index (Phi) is 5.31. The number of likely N-dealkylation sites (N-methyl/N-ethyl adjacent to an activating group) is 1. The van der Waals surface area contributed by atoms with E-state index in [4.69, 9.17) is 10.5 Å². The number of nitrogens with zero attached hydrogens (tertiary/aromatic N) is 2. The first-order valence-corrected chi connectivity index (χ1v) is 8.47. The van der Waals surface area contributed by atoms with Gasteiger partial charge in [0.2, 0.25) is 11.8 Å². The molecular formula is C19H24N4O2. The van der Waals surface area contributed by atoms with Crippen molar-refractivity contribution in [1.29, 1.82) is 0 Å². The van der Waals surface area contributed by atoms with Gasteiger partial charge in [0, 0.05) is 31.4 Å². The quantitative estimate of drug-likeness (QED) is 0.807. The number of ether oxygens (including phenoxy) is 1. The third kappa shape index (κ3) is 4.35. The molecule has 2 aromatic rings. The molecule has 1 aromatic heterocycles. The summed E-state index contributed by atoms with van der Waals surface area (Å²) in [6.45, 7) is 2.01. The third-order valence-corrected chi connectivity index (χ3v) is 4.39. The van der Waals surface area contributed by atoms with Crippen molar-refractivity contribution in [3.05, 3.63) is 53.2 Å². The fourth-order valence-electron chi connectivity index (χ4n) is 3.04. The van der Waals surface area contributed by atoms with Gasteiger partial charge < -0.3 is 20.7 Å². The van der Waals surface area contributed by atoms with Gasteiger partial charge in [-0.25, -0.2) is 4.98 Å². The van der Waals surface area contributed by atoms with Crippen LogP contribution in [-0.2, 0) is 6.42 Å². The molecule has 1 atom stereocenters. The predicted molar refractivity (Wildman–Crippen MR) is 96.9 cm³/mol. The fourth-order valence-corrected chi connectivity index (χ4v) is 3.04. The van der Waals surface area contributed by atoms with Crippen LogP contribution in [0, 0.1) is 0 Å². The molecule has 0 saturated carbocycles. The first kappa shape index (κ1) is 17.4. The van der Waals surface area contributed by atoms with Crippen LogP contribution in [0.15, 0.2) is 36.5 Å². The first-order chi connectivity index (χ1) is 12.0. The summed E-state index contributed by atoms with van der Waals surface area (Å²) in [5, 5.41) is 3.62. The summed E-state index contributed by atoms with van der Waals surface area (Å²) >= 11 is 0. The highest BCUT2D eigenvalue weighted by Gasteiger charge is 2.22. The number of rotatable bonds is 7. The van der Waals surface area contributed by atoms with E-state index >= 15 is 0 Å². The minimum atomic E-state index is -0.496. The molecule has 1 aromatic carbocycles. The number of primary amides is 1. The predicted octanol–water partition coefficient (Wildman–Crippen LogP) is 2.11. The highest BCUT2D eigenvalue weighted by atomic mass is 16.5. The SMILES string of the molecule is CN(C)CCNC1CCc2cc(Oc3ccc(C(N)=O)cn3)ccc21. The maximum Gasteiger partial charge on any atom is 0.250 e. The molecular weight excluding hydrogens is 316 g/mol. The lowest BCUT2D eigenvalue weighted by Crippen LogP contribution is -2.28. The van der Waals surface area contributed by atoms with Gasteiger partial charge in [-0.05, 0) is 56.3 Å². The van der Waals surface area contributed by atoms with E-state index in [2.05, 4.69) is 41.4 Å². The minimum Gasteiger partial charge on any atom is -0.439 e. The van der Waals surface area contributed by atoms with Crippen molar-refractivity contribution in [2.45, 2.75) is 18.9 Å². The summed E-state index contributed by atoms with van der Waals surface area (Å²) in [6.07, 6.45) is 3.58. The molecule has 1 amide bonds. The molecule has 1 aliphatic carbocycles. The Hall–Kier alpha value is -2.44. The lowest BCUT2D eigenvalue weighted by atomic mass is 10.1. The maximum absolute atomic E-state index is 11.1. The van der Waals surface area contributed by atoms with E-state index in [0.717, 1.165) is 31.7 Å². The molecule has 3 N–H and O–H groups in total. The van der Waals surface area contributed by atoms with Crippen molar-refractivity contribution in [1.82, 2.24) is 15.2 Å². The summed E-state index contributed by atoms with van der Waals surface area (Å²) < 4.78 is 5.80. The number of fused-ring (bicyclic) bond motifs is 1. The molecule has 1 unspecified atom stereocenters. The highest BCUT2D eigenvalue weighted by molar-refractivity contribution is 5.92. The molecule has 0 fully saturated rings. The Morgan fingerprint density at radius 1 is 1.36 bits per heavy atom. The van der Waals surface area contributed by atoms with Crippen LogP contribution in [0.4, 0.5) is 0 Å².